The second-order valence-corrected chi connectivity index (χ2v) is 4.35. The molecule has 0 amide bonds. The van der Waals surface area contributed by atoms with Crippen LogP contribution < -0.4 is 5.32 Å². The van der Waals surface area contributed by atoms with Crippen LogP contribution in [0.5, 0.6) is 0 Å². The molecule has 2 aromatic heterocycles. The second-order valence-electron chi connectivity index (χ2n) is 4.35. The molecule has 17 heavy (non-hydrogen) atoms. The van der Waals surface area contributed by atoms with Gasteiger partial charge in [0.25, 0.3) is 0 Å². The zero-order valence-electron chi connectivity index (χ0n) is 9.88. The zero-order valence-corrected chi connectivity index (χ0v) is 9.88. The van der Waals surface area contributed by atoms with Crippen molar-refractivity contribution >= 4 is 0 Å². The van der Waals surface area contributed by atoms with Gasteiger partial charge in [-0.15, -0.1) is 5.10 Å². The molecule has 3 rings (SSSR count). The molecule has 0 aliphatic carbocycles. The van der Waals surface area contributed by atoms with Gasteiger partial charge in [-0.05, 0) is 19.9 Å². The van der Waals surface area contributed by atoms with Crippen molar-refractivity contribution in [3.05, 3.63) is 23.7 Å². The average molecular weight is 230 g/mol. The maximum absolute atomic E-state index is 4.45. The normalized spacial score (nSPS) is 15.9. The van der Waals surface area contributed by atoms with Crippen LogP contribution in [0.4, 0.5) is 0 Å². The molecule has 0 saturated carbocycles. The molecule has 1 aliphatic rings. The van der Waals surface area contributed by atoms with Crippen molar-refractivity contribution in [2.75, 3.05) is 13.1 Å². The van der Waals surface area contributed by atoms with Gasteiger partial charge in [0, 0.05) is 24.5 Å². The fourth-order valence-electron chi connectivity index (χ4n) is 1.96. The number of hydrogen-bond acceptors (Lipinski definition) is 5. The molecule has 0 spiro atoms. The van der Waals surface area contributed by atoms with E-state index in [-0.39, 0.29) is 0 Å². The smallest absolute Gasteiger partial charge is 0.179 e. The van der Waals surface area contributed by atoms with Crippen molar-refractivity contribution in [3.8, 4) is 11.5 Å². The van der Waals surface area contributed by atoms with Crippen LogP contribution in [-0.4, -0.2) is 38.1 Å². The molecule has 1 saturated heterocycles. The van der Waals surface area contributed by atoms with Crippen LogP contribution in [-0.2, 0) is 0 Å². The lowest BCUT2D eigenvalue weighted by molar-refractivity contribution is 0.315. The third-order valence-electron chi connectivity index (χ3n) is 2.89. The predicted octanol–water partition coefficient (Wildman–Crippen LogP) is 0.496. The number of rotatable bonds is 2. The van der Waals surface area contributed by atoms with E-state index in [9.17, 15) is 0 Å². The Morgan fingerprint density at radius 1 is 1.24 bits per heavy atom. The molecule has 0 unspecified atom stereocenters. The molecule has 0 radical (unpaired) electrons. The summed E-state index contributed by atoms with van der Waals surface area (Å²) in [5, 5.41) is 11.3. The van der Waals surface area contributed by atoms with Gasteiger partial charge in [0.05, 0.1) is 12.2 Å². The van der Waals surface area contributed by atoms with E-state index in [1.54, 1.807) is 6.20 Å². The lowest BCUT2D eigenvalue weighted by Crippen LogP contribution is -2.44. The van der Waals surface area contributed by atoms with Gasteiger partial charge in [-0.1, -0.05) is 5.21 Å². The Balaban J connectivity index is 2.05. The number of aromatic nitrogens is 5. The van der Waals surface area contributed by atoms with Crippen LogP contribution in [0, 0.1) is 13.8 Å². The second kappa shape index (κ2) is 3.89. The minimum Gasteiger partial charge on any atom is -0.312 e. The van der Waals surface area contributed by atoms with E-state index in [0.717, 1.165) is 30.2 Å². The summed E-state index contributed by atoms with van der Waals surface area (Å²) in [6, 6.07) is 2.33. The number of nitrogens with one attached hydrogen (secondary N) is 1. The Bertz CT molecular complexity index is 522. The third kappa shape index (κ3) is 1.80. The Labute approximate surface area is 99.1 Å². The average Bonchev–Trinajstić information content (AvgIpc) is 2.62. The first-order chi connectivity index (χ1) is 8.24. The highest BCUT2D eigenvalue weighted by Crippen LogP contribution is 2.20. The van der Waals surface area contributed by atoms with Crippen LogP contribution in [0.15, 0.2) is 12.3 Å². The molecule has 88 valence electrons. The molecule has 1 N–H and O–H groups in total. The quantitative estimate of drug-likeness (QED) is 0.813. The van der Waals surface area contributed by atoms with Crippen molar-refractivity contribution < 1.29 is 0 Å². The fraction of sp³-hybridized carbons (Fsp3) is 0.455. The van der Waals surface area contributed by atoms with E-state index in [4.69, 9.17) is 0 Å². The van der Waals surface area contributed by atoms with Gasteiger partial charge in [-0.2, -0.15) is 0 Å². The van der Waals surface area contributed by atoms with Crippen molar-refractivity contribution in [1.82, 2.24) is 30.3 Å². The molecule has 6 heteroatoms. The summed E-state index contributed by atoms with van der Waals surface area (Å²) in [4.78, 5) is 8.89. The van der Waals surface area contributed by atoms with Crippen LogP contribution in [0.1, 0.15) is 17.4 Å². The fourth-order valence-corrected chi connectivity index (χ4v) is 1.96. The summed E-state index contributed by atoms with van der Waals surface area (Å²) < 4.78 is 1.91. The highest BCUT2D eigenvalue weighted by molar-refractivity contribution is 5.48. The molecule has 1 aliphatic heterocycles. The summed E-state index contributed by atoms with van der Waals surface area (Å²) in [7, 11) is 0. The molecule has 2 aromatic rings. The number of aryl methyl sites for hydroxylation is 2. The summed E-state index contributed by atoms with van der Waals surface area (Å²) in [6.45, 7) is 5.80. The minimum absolute atomic E-state index is 0.372. The van der Waals surface area contributed by atoms with E-state index in [2.05, 4.69) is 25.6 Å². The van der Waals surface area contributed by atoms with E-state index < -0.39 is 0 Å². The Morgan fingerprint density at radius 2 is 1.94 bits per heavy atom. The largest absolute Gasteiger partial charge is 0.312 e. The topological polar surface area (TPSA) is 68.5 Å². The van der Waals surface area contributed by atoms with Crippen molar-refractivity contribution in [2.24, 2.45) is 0 Å². The minimum atomic E-state index is 0.372. The van der Waals surface area contributed by atoms with E-state index in [1.807, 2.05) is 24.6 Å². The van der Waals surface area contributed by atoms with Gasteiger partial charge < -0.3 is 5.32 Å². The first-order valence-corrected chi connectivity index (χ1v) is 5.67. The van der Waals surface area contributed by atoms with E-state index in [1.165, 1.54) is 0 Å². The monoisotopic (exact) mass is 230 g/mol. The van der Waals surface area contributed by atoms with Gasteiger partial charge in [0.15, 0.2) is 5.82 Å². The van der Waals surface area contributed by atoms with Crippen LogP contribution >= 0.6 is 0 Å². The summed E-state index contributed by atoms with van der Waals surface area (Å²) in [5.74, 6) is 0.708. The Morgan fingerprint density at radius 3 is 2.53 bits per heavy atom. The Hall–Kier alpha value is -1.82. The SMILES string of the molecule is Cc1cc(C)nc(-c2cnnn2C2CNC2)n1. The van der Waals surface area contributed by atoms with Crippen molar-refractivity contribution in [1.29, 1.82) is 0 Å². The van der Waals surface area contributed by atoms with E-state index >= 15 is 0 Å². The maximum atomic E-state index is 4.45. The van der Waals surface area contributed by atoms with Crippen LogP contribution in [0.3, 0.4) is 0 Å². The molecular formula is C11H14N6. The van der Waals surface area contributed by atoms with Gasteiger partial charge in [0.1, 0.15) is 5.69 Å². The Kier molecular flexibility index (Phi) is 2.36. The standard InChI is InChI=1S/C11H14N6/c1-7-3-8(2)15-11(14-7)10-6-13-16-17(10)9-4-12-5-9/h3,6,9,12H,4-5H2,1-2H3. The lowest BCUT2D eigenvalue weighted by atomic mass is 10.2. The van der Waals surface area contributed by atoms with Gasteiger partial charge in [0.2, 0.25) is 0 Å². The van der Waals surface area contributed by atoms with Gasteiger partial charge >= 0.3 is 0 Å². The third-order valence-corrected chi connectivity index (χ3v) is 2.89. The van der Waals surface area contributed by atoms with Crippen LogP contribution in [0.25, 0.3) is 11.5 Å². The summed E-state index contributed by atoms with van der Waals surface area (Å²) in [5.41, 5.74) is 2.82. The van der Waals surface area contributed by atoms with Gasteiger partial charge in [-0.3, -0.25) is 0 Å². The molecule has 0 bridgehead atoms. The van der Waals surface area contributed by atoms with Gasteiger partial charge in [-0.25, -0.2) is 14.6 Å². The van der Waals surface area contributed by atoms with Crippen molar-refractivity contribution in [3.63, 3.8) is 0 Å². The molecule has 1 fully saturated rings. The number of hydrogen-bond donors (Lipinski definition) is 1. The highest BCUT2D eigenvalue weighted by Gasteiger charge is 2.23. The lowest BCUT2D eigenvalue weighted by Gasteiger charge is -2.27. The molecule has 6 nitrogen and oxygen atoms in total. The summed E-state index contributed by atoms with van der Waals surface area (Å²) >= 11 is 0. The maximum Gasteiger partial charge on any atom is 0.179 e. The molecule has 3 heterocycles. The zero-order chi connectivity index (χ0) is 11.8. The molecule has 0 atom stereocenters. The first kappa shape index (κ1) is 10.3. The number of nitrogens with zero attached hydrogens (tertiary/aromatic N) is 5. The first-order valence-electron chi connectivity index (χ1n) is 5.67. The molecular weight excluding hydrogens is 216 g/mol. The molecule has 0 aromatic carbocycles. The summed E-state index contributed by atoms with van der Waals surface area (Å²) in [6.07, 6.45) is 1.73. The van der Waals surface area contributed by atoms with Crippen LogP contribution in [0.2, 0.25) is 0 Å². The highest BCUT2D eigenvalue weighted by atomic mass is 15.5. The van der Waals surface area contributed by atoms with E-state index in [0.29, 0.717) is 11.9 Å². The predicted molar refractivity (Wildman–Crippen MR) is 62.4 cm³/mol. The van der Waals surface area contributed by atoms with Crippen molar-refractivity contribution in [2.45, 2.75) is 19.9 Å².